The molecular weight excluding hydrogens is 531 g/mol. The third kappa shape index (κ3) is 9.31. The van der Waals surface area contributed by atoms with Crippen LogP contribution in [-0.4, -0.2) is 62.8 Å². The number of rotatable bonds is 10. The molecule has 1 aromatic rings. The van der Waals surface area contributed by atoms with Gasteiger partial charge in [0.2, 0.25) is 5.91 Å². The van der Waals surface area contributed by atoms with Crippen LogP contribution < -0.4 is 15.4 Å². The molecule has 3 rings (SSSR count). The van der Waals surface area contributed by atoms with Gasteiger partial charge in [0, 0.05) is 51.7 Å². The first-order valence-electron chi connectivity index (χ1n) is 12.2. The summed E-state index contributed by atoms with van der Waals surface area (Å²) in [6, 6.07) is 8.33. The summed E-state index contributed by atoms with van der Waals surface area (Å²) in [6.45, 7) is 6.39. The third-order valence-electron chi connectivity index (χ3n) is 6.22. The molecule has 2 aliphatic rings. The summed E-state index contributed by atoms with van der Waals surface area (Å²) in [7, 11) is 1.70. The fourth-order valence-electron chi connectivity index (χ4n) is 4.50. The van der Waals surface area contributed by atoms with Crippen molar-refractivity contribution in [3.8, 4) is 5.75 Å². The van der Waals surface area contributed by atoms with Crippen molar-refractivity contribution in [3.63, 3.8) is 0 Å². The van der Waals surface area contributed by atoms with Gasteiger partial charge >= 0.3 is 0 Å². The number of benzene rings is 1. The van der Waals surface area contributed by atoms with E-state index in [2.05, 4.69) is 28.5 Å². The average Bonchev–Trinajstić information content (AvgIpc) is 3.29. The number of methoxy groups -OCH3 is 1. The quantitative estimate of drug-likeness (QED) is 0.192. The van der Waals surface area contributed by atoms with Crippen LogP contribution in [-0.2, 0) is 16.1 Å². The molecule has 33 heavy (non-hydrogen) atoms. The Balaban J connectivity index is 0.00000385. The summed E-state index contributed by atoms with van der Waals surface area (Å²) >= 11 is 0. The molecule has 1 aliphatic carbocycles. The maximum Gasteiger partial charge on any atom is 0.225 e. The molecule has 1 amide bonds. The number of amides is 1. The van der Waals surface area contributed by atoms with E-state index in [4.69, 9.17) is 14.5 Å². The zero-order valence-electron chi connectivity index (χ0n) is 20.2. The van der Waals surface area contributed by atoms with E-state index in [0.717, 1.165) is 62.6 Å². The Morgan fingerprint density at radius 2 is 2.00 bits per heavy atom. The minimum atomic E-state index is 0. The van der Waals surface area contributed by atoms with Crippen LogP contribution in [0.2, 0.25) is 0 Å². The minimum absolute atomic E-state index is 0. The van der Waals surface area contributed by atoms with E-state index in [1.165, 1.54) is 19.3 Å². The number of nitrogens with one attached hydrogen (secondary N) is 2. The van der Waals surface area contributed by atoms with E-state index in [0.29, 0.717) is 25.7 Å². The van der Waals surface area contributed by atoms with E-state index < -0.39 is 0 Å². The van der Waals surface area contributed by atoms with Crippen molar-refractivity contribution in [2.24, 2.45) is 10.9 Å². The second-order valence-electron chi connectivity index (χ2n) is 8.79. The van der Waals surface area contributed by atoms with Gasteiger partial charge in [-0.15, -0.1) is 24.0 Å². The van der Waals surface area contributed by atoms with E-state index in [9.17, 15) is 4.79 Å². The average molecular weight is 573 g/mol. The minimum Gasteiger partial charge on any atom is -0.493 e. The highest BCUT2D eigenvalue weighted by atomic mass is 127. The van der Waals surface area contributed by atoms with Gasteiger partial charge in [0.1, 0.15) is 5.75 Å². The summed E-state index contributed by atoms with van der Waals surface area (Å²) < 4.78 is 10.9. The van der Waals surface area contributed by atoms with Crippen molar-refractivity contribution in [2.75, 3.05) is 40.0 Å². The lowest BCUT2D eigenvalue weighted by Gasteiger charge is -2.26. The van der Waals surface area contributed by atoms with Crippen LogP contribution in [0.15, 0.2) is 29.3 Å². The number of guanidine groups is 1. The molecule has 2 fully saturated rings. The number of hydrogen-bond acceptors (Lipinski definition) is 4. The lowest BCUT2D eigenvalue weighted by Crippen LogP contribution is -2.45. The van der Waals surface area contributed by atoms with Gasteiger partial charge in [0.15, 0.2) is 5.96 Å². The number of aliphatic imine (C=N–C) groups is 1. The molecule has 2 N–H and O–H groups in total. The van der Waals surface area contributed by atoms with Crippen LogP contribution in [0.25, 0.3) is 0 Å². The summed E-state index contributed by atoms with van der Waals surface area (Å²) in [5.41, 5.74) is 1.10. The lowest BCUT2D eigenvalue weighted by atomic mass is 9.88. The Labute approximate surface area is 216 Å². The molecule has 186 valence electrons. The van der Waals surface area contributed by atoms with Gasteiger partial charge in [0.25, 0.3) is 0 Å². The Hall–Kier alpha value is -1.55. The molecule has 0 aromatic heterocycles. The molecule has 7 nitrogen and oxygen atoms in total. The second-order valence-corrected chi connectivity index (χ2v) is 8.79. The maximum atomic E-state index is 12.8. The van der Waals surface area contributed by atoms with Gasteiger partial charge in [-0.3, -0.25) is 4.79 Å². The molecule has 0 bridgehead atoms. The predicted molar refractivity (Wildman–Crippen MR) is 143 cm³/mol. The Morgan fingerprint density at radius 1 is 1.18 bits per heavy atom. The van der Waals surface area contributed by atoms with Crippen LogP contribution in [0.4, 0.5) is 0 Å². The SMILES string of the molecule is CCNC(=NCc1cccc(OCCCOC)c1)NC1CCN(C(=O)C2CCCCC2)C1.I. The van der Waals surface area contributed by atoms with Crippen molar-refractivity contribution in [3.05, 3.63) is 29.8 Å². The van der Waals surface area contributed by atoms with E-state index in [-0.39, 0.29) is 35.9 Å². The third-order valence-corrected chi connectivity index (χ3v) is 6.22. The number of ether oxygens (including phenoxy) is 2. The van der Waals surface area contributed by atoms with Crippen LogP contribution in [0.1, 0.15) is 57.4 Å². The number of hydrogen-bond donors (Lipinski definition) is 2. The highest BCUT2D eigenvalue weighted by Gasteiger charge is 2.31. The molecule has 1 aromatic carbocycles. The van der Waals surface area contributed by atoms with Gasteiger partial charge in [-0.05, 0) is 43.9 Å². The van der Waals surface area contributed by atoms with Crippen LogP contribution in [0, 0.1) is 5.92 Å². The number of nitrogens with zero attached hydrogens (tertiary/aromatic N) is 2. The van der Waals surface area contributed by atoms with Gasteiger partial charge in [-0.2, -0.15) is 0 Å². The van der Waals surface area contributed by atoms with Gasteiger partial charge in [-0.25, -0.2) is 4.99 Å². The van der Waals surface area contributed by atoms with Gasteiger partial charge in [0.05, 0.1) is 13.2 Å². The molecule has 8 heteroatoms. The van der Waals surface area contributed by atoms with Crippen molar-refractivity contribution >= 4 is 35.8 Å². The summed E-state index contributed by atoms with van der Waals surface area (Å²) in [5, 5.41) is 6.88. The summed E-state index contributed by atoms with van der Waals surface area (Å²) in [6.07, 6.45) is 7.63. The van der Waals surface area contributed by atoms with Crippen LogP contribution >= 0.6 is 24.0 Å². The smallest absolute Gasteiger partial charge is 0.225 e. The topological polar surface area (TPSA) is 75.2 Å². The first kappa shape index (κ1) is 27.7. The molecule has 0 spiro atoms. The zero-order chi connectivity index (χ0) is 22.6. The predicted octanol–water partition coefficient (Wildman–Crippen LogP) is 3.96. The Kier molecular flexibility index (Phi) is 12.9. The normalized spacial score (nSPS) is 19.2. The van der Waals surface area contributed by atoms with Crippen LogP contribution in [0.3, 0.4) is 0 Å². The Morgan fingerprint density at radius 3 is 2.76 bits per heavy atom. The largest absolute Gasteiger partial charge is 0.493 e. The van der Waals surface area contributed by atoms with Crippen molar-refractivity contribution in [1.29, 1.82) is 0 Å². The molecule has 1 saturated carbocycles. The molecule has 1 unspecified atom stereocenters. The van der Waals surface area contributed by atoms with E-state index in [1.807, 2.05) is 18.2 Å². The number of likely N-dealkylation sites (tertiary alicyclic amines) is 1. The molecule has 1 heterocycles. The summed E-state index contributed by atoms with van der Waals surface area (Å²) in [5.74, 6) is 2.27. The van der Waals surface area contributed by atoms with E-state index in [1.54, 1.807) is 7.11 Å². The first-order valence-corrected chi connectivity index (χ1v) is 12.2. The lowest BCUT2D eigenvalue weighted by molar-refractivity contribution is -0.135. The Bertz CT molecular complexity index is 740. The second kappa shape index (κ2) is 15.4. The molecule has 1 atom stereocenters. The maximum absolute atomic E-state index is 12.8. The highest BCUT2D eigenvalue weighted by Crippen LogP contribution is 2.26. The zero-order valence-corrected chi connectivity index (χ0v) is 22.5. The van der Waals surface area contributed by atoms with Crippen LogP contribution in [0.5, 0.6) is 5.75 Å². The number of carbonyl (C=O) groups excluding carboxylic acids is 1. The standard InChI is InChI=1S/C25H40N4O3.HI/c1-3-26-25(27-18-20-9-7-12-23(17-20)32-16-8-15-31-2)28-22-13-14-29(19-22)24(30)21-10-5-4-6-11-21;/h7,9,12,17,21-22H,3-6,8,10-11,13-16,18-19H2,1-2H3,(H2,26,27,28);1H. The van der Waals surface area contributed by atoms with Gasteiger partial charge < -0.3 is 25.0 Å². The monoisotopic (exact) mass is 572 g/mol. The summed E-state index contributed by atoms with van der Waals surface area (Å²) in [4.78, 5) is 19.7. The van der Waals surface area contributed by atoms with E-state index >= 15 is 0 Å². The fourth-order valence-corrected chi connectivity index (χ4v) is 4.50. The molecular formula is C25H41IN4O3. The van der Waals surface area contributed by atoms with Crippen molar-refractivity contribution in [1.82, 2.24) is 15.5 Å². The fraction of sp³-hybridized carbons (Fsp3) is 0.680. The number of carbonyl (C=O) groups is 1. The van der Waals surface area contributed by atoms with Crippen molar-refractivity contribution in [2.45, 2.75) is 64.5 Å². The molecule has 1 saturated heterocycles. The molecule has 1 aliphatic heterocycles. The molecule has 0 radical (unpaired) electrons. The number of halogens is 1. The van der Waals surface area contributed by atoms with Gasteiger partial charge in [-0.1, -0.05) is 31.4 Å². The van der Waals surface area contributed by atoms with Crippen molar-refractivity contribution < 1.29 is 14.3 Å². The first-order chi connectivity index (χ1) is 15.7. The highest BCUT2D eigenvalue weighted by molar-refractivity contribution is 14.0.